The van der Waals surface area contributed by atoms with Crippen molar-refractivity contribution in [1.82, 2.24) is 9.88 Å². The Hall–Kier alpha value is -6.92. The number of fused-ring (bicyclic) bond motifs is 9. The molecule has 0 saturated carbocycles. The third-order valence-corrected chi connectivity index (χ3v) is 10.1. The molecule has 0 radical (unpaired) electrons. The van der Waals surface area contributed by atoms with Crippen LogP contribution in [0.4, 0.5) is 0 Å². The van der Waals surface area contributed by atoms with Gasteiger partial charge in [-0.05, 0) is 35.9 Å². The zero-order valence-corrected chi connectivity index (χ0v) is 27.2. The molecular formula is C45H28N4O2. The number of aliphatic imine (C=N–C) groups is 2. The van der Waals surface area contributed by atoms with Crippen LogP contribution in [0.5, 0.6) is 0 Å². The Bertz CT molecular complexity index is 3020. The van der Waals surface area contributed by atoms with Crippen molar-refractivity contribution in [3.63, 3.8) is 0 Å². The molecule has 1 N–H and O–H groups in total. The molecule has 0 amide bonds. The summed E-state index contributed by atoms with van der Waals surface area (Å²) in [5, 5.41) is 10.3. The van der Waals surface area contributed by atoms with Gasteiger partial charge >= 0.3 is 0 Å². The first-order valence-electron chi connectivity index (χ1n) is 17.1. The Morgan fingerprint density at radius 1 is 0.471 bits per heavy atom. The summed E-state index contributed by atoms with van der Waals surface area (Å²) in [5.74, 6) is 1.35. The largest absolute Gasteiger partial charge is 0.456 e. The summed E-state index contributed by atoms with van der Waals surface area (Å²) in [6.45, 7) is 0. The minimum atomic E-state index is -0.459. The first kappa shape index (κ1) is 28.0. The van der Waals surface area contributed by atoms with Gasteiger partial charge in [0.05, 0.1) is 16.6 Å². The number of aromatic nitrogens is 1. The third-order valence-electron chi connectivity index (χ3n) is 10.1. The summed E-state index contributed by atoms with van der Waals surface area (Å²) < 4.78 is 15.5. The molecule has 10 aromatic rings. The van der Waals surface area contributed by atoms with Crippen molar-refractivity contribution in [3.8, 4) is 11.1 Å². The summed E-state index contributed by atoms with van der Waals surface area (Å²) in [7, 11) is 0. The number of nitrogens with one attached hydrogen (secondary N) is 1. The molecule has 6 heteroatoms. The highest BCUT2D eigenvalue weighted by Crippen LogP contribution is 2.42. The second kappa shape index (κ2) is 10.8. The Morgan fingerprint density at radius 3 is 1.80 bits per heavy atom. The Morgan fingerprint density at radius 2 is 1.04 bits per heavy atom. The van der Waals surface area contributed by atoms with Crippen LogP contribution in [0.1, 0.15) is 17.4 Å². The van der Waals surface area contributed by atoms with Crippen molar-refractivity contribution in [1.29, 1.82) is 0 Å². The van der Waals surface area contributed by atoms with E-state index in [0.29, 0.717) is 5.84 Å². The second-order valence-electron chi connectivity index (χ2n) is 12.9. The van der Waals surface area contributed by atoms with E-state index in [2.05, 4.69) is 125 Å². The van der Waals surface area contributed by atoms with Gasteiger partial charge in [0.1, 0.15) is 28.2 Å². The number of rotatable bonds is 4. The molecule has 1 aliphatic heterocycles. The second-order valence-corrected chi connectivity index (χ2v) is 12.9. The molecule has 1 atom stereocenters. The number of hydrogen-bond acceptors (Lipinski definition) is 5. The smallest absolute Gasteiger partial charge is 0.204 e. The molecule has 7 aromatic carbocycles. The van der Waals surface area contributed by atoms with Gasteiger partial charge in [0.25, 0.3) is 0 Å². The van der Waals surface area contributed by atoms with Crippen LogP contribution in [0.15, 0.2) is 177 Å². The van der Waals surface area contributed by atoms with Crippen molar-refractivity contribution < 1.29 is 8.83 Å². The number of nitrogens with zero attached hydrogens (tertiary/aromatic N) is 3. The van der Waals surface area contributed by atoms with Gasteiger partial charge in [-0.25, -0.2) is 9.98 Å². The predicted molar refractivity (Wildman–Crippen MR) is 208 cm³/mol. The van der Waals surface area contributed by atoms with Crippen molar-refractivity contribution in [2.24, 2.45) is 9.98 Å². The van der Waals surface area contributed by atoms with Gasteiger partial charge in [-0.2, -0.15) is 0 Å². The van der Waals surface area contributed by atoms with Gasteiger partial charge < -0.3 is 18.7 Å². The molecule has 240 valence electrons. The van der Waals surface area contributed by atoms with Crippen LogP contribution in [0.25, 0.3) is 76.8 Å². The molecule has 0 saturated heterocycles. The van der Waals surface area contributed by atoms with Gasteiger partial charge in [-0.15, -0.1) is 0 Å². The Labute approximate surface area is 291 Å². The standard InChI is InChI=1S/C45H28N4O2/c1-2-13-27(14-3-1)43-46-44(48-45(47-43)49-36-23-7-4-15-28(36)29-16-5-8-24-37(29)49)35-22-11-21-33-32-20-10-19-31(41(32)51-42(33)35)30-18-12-26-39-40(30)34-17-6-9-25-38(34)50-39/h1-26,45H,(H,46,47,48). The fraction of sp³-hybridized carbons (Fsp3) is 0.0222. The monoisotopic (exact) mass is 656 g/mol. The average molecular weight is 657 g/mol. The van der Waals surface area contributed by atoms with Crippen LogP contribution < -0.4 is 5.32 Å². The summed E-state index contributed by atoms with van der Waals surface area (Å²) in [4.78, 5) is 10.5. The number of furan rings is 2. The zero-order valence-electron chi connectivity index (χ0n) is 27.2. The fourth-order valence-electron chi connectivity index (χ4n) is 7.86. The highest BCUT2D eigenvalue weighted by Gasteiger charge is 2.26. The molecule has 1 aliphatic rings. The lowest BCUT2D eigenvalue weighted by Crippen LogP contribution is -2.36. The summed E-state index contributed by atoms with van der Waals surface area (Å²) >= 11 is 0. The van der Waals surface area contributed by atoms with Gasteiger partial charge in [0.15, 0.2) is 5.84 Å². The van der Waals surface area contributed by atoms with Crippen LogP contribution in [0.3, 0.4) is 0 Å². The predicted octanol–water partition coefficient (Wildman–Crippen LogP) is 11.2. The molecule has 11 rings (SSSR count). The first-order valence-corrected chi connectivity index (χ1v) is 17.1. The summed E-state index contributed by atoms with van der Waals surface area (Å²) in [5.41, 5.74) is 9.38. The van der Waals surface area contributed by atoms with E-state index in [4.69, 9.17) is 18.8 Å². The molecule has 0 aliphatic carbocycles. The van der Waals surface area contributed by atoms with Gasteiger partial charge in [-0.3, -0.25) is 0 Å². The number of benzene rings is 7. The number of amidine groups is 2. The Kier molecular flexibility index (Phi) is 5.92. The average Bonchev–Trinajstić information content (AvgIpc) is 3.88. The van der Waals surface area contributed by atoms with Crippen LogP contribution in [0.2, 0.25) is 0 Å². The maximum Gasteiger partial charge on any atom is 0.204 e. The molecule has 0 spiro atoms. The molecule has 0 bridgehead atoms. The van der Waals surface area contributed by atoms with Crippen LogP contribution >= 0.6 is 0 Å². The van der Waals surface area contributed by atoms with Crippen molar-refractivity contribution >= 4 is 77.4 Å². The van der Waals surface area contributed by atoms with Gasteiger partial charge in [-0.1, -0.05) is 127 Å². The van der Waals surface area contributed by atoms with E-state index in [1.54, 1.807) is 0 Å². The molecule has 51 heavy (non-hydrogen) atoms. The minimum Gasteiger partial charge on any atom is -0.456 e. The maximum atomic E-state index is 6.96. The first-order chi connectivity index (χ1) is 25.3. The zero-order chi connectivity index (χ0) is 33.5. The highest BCUT2D eigenvalue weighted by molar-refractivity contribution is 6.22. The van der Waals surface area contributed by atoms with Crippen LogP contribution in [-0.2, 0) is 0 Å². The SMILES string of the molecule is c1ccc(C2=NC(c3cccc4c3oc3c(-c5cccc6oc7ccccc7c56)cccc34)=NC(n3c4ccccc4c4ccccc43)N2)cc1. The topological polar surface area (TPSA) is 68.0 Å². The molecule has 4 heterocycles. The van der Waals surface area contributed by atoms with E-state index < -0.39 is 6.29 Å². The highest BCUT2D eigenvalue weighted by atomic mass is 16.3. The van der Waals surface area contributed by atoms with E-state index in [0.717, 1.165) is 83.0 Å². The van der Waals surface area contributed by atoms with Crippen molar-refractivity contribution in [2.45, 2.75) is 6.29 Å². The molecule has 1 unspecified atom stereocenters. The van der Waals surface area contributed by atoms with Crippen molar-refractivity contribution in [3.05, 3.63) is 169 Å². The van der Waals surface area contributed by atoms with E-state index in [1.165, 1.54) is 10.8 Å². The van der Waals surface area contributed by atoms with Gasteiger partial charge in [0.2, 0.25) is 6.29 Å². The van der Waals surface area contributed by atoms with Crippen LogP contribution in [0, 0.1) is 0 Å². The number of para-hydroxylation sites is 5. The van der Waals surface area contributed by atoms with E-state index >= 15 is 0 Å². The normalized spacial score (nSPS) is 14.9. The van der Waals surface area contributed by atoms with E-state index in [9.17, 15) is 0 Å². The van der Waals surface area contributed by atoms with Crippen molar-refractivity contribution in [2.75, 3.05) is 0 Å². The summed E-state index contributed by atoms with van der Waals surface area (Å²) in [6.07, 6.45) is -0.459. The van der Waals surface area contributed by atoms with Crippen LogP contribution in [-0.4, -0.2) is 16.2 Å². The van der Waals surface area contributed by atoms with E-state index in [1.807, 2.05) is 42.5 Å². The van der Waals surface area contributed by atoms with E-state index in [-0.39, 0.29) is 0 Å². The summed E-state index contributed by atoms with van der Waals surface area (Å²) in [6, 6.07) is 54.3. The molecule has 6 nitrogen and oxygen atoms in total. The van der Waals surface area contributed by atoms with Gasteiger partial charge in [0, 0.05) is 43.4 Å². The molecule has 3 aromatic heterocycles. The lowest BCUT2D eigenvalue weighted by Gasteiger charge is -2.25. The lowest BCUT2D eigenvalue weighted by molar-refractivity contribution is 0.515. The molecular weight excluding hydrogens is 629 g/mol. The Balaban J connectivity index is 1.15. The number of hydrogen-bond donors (Lipinski definition) is 1. The minimum absolute atomic E-state index is 0.459. The quantitative estimate of drug-likeness (QED) is 0.205. The fourth-order valence-corrected chi connectivity index (χ4v) is 7.86. The lowest BCUT2D eigenvalue weighted by atomic mass is 9.97. The third kappa shape index (κ3) is 4.17. The molecule has 0 fully saturated rings. The maximum absolute atomic E-state index is 6.96.